The Balaban J connectivity index is 2.12. The second-order valence-corrected chi connectivity index (χ2v) is 8.82. The van der Waals surface area contributed by atoms with Crippen LogP contribution < -0.4 is 14.4 Å². The number of hydrogen-bond acceptors (Lipinski definition) is 4. The first-order chi connectivity index (χ1) is 12.3. The van der Waals surface area contributed by atoms with E-state index in [0.29, 0.717) is 23.7 Å². The Kier molecular flexibility index (Phi) is 7.27. The first kappa shape index (κ1) is 20.5. The molecule has 26 heavy (non-hydrogen) atoms. The van der Waals surface area contributed by atoms with Crippen molar-refractivity contribution in [1.29, 1.82) is 0 Å². The second-order valence-electron chi connectivity index (χ2n) is 5.67. The van der Waals surface area contributed by atoms with Crippen LogP contribution in [-0.2, 0) is 14.8 Å². The smallest absolute Gasteiger partial charge is 0.245 e. The van der Waals surface area contributed by atoms with Gasteiger partial charge in [0.25, 0.3) is 0 Å². The molecule has 0 aliphatic carbocycles. The summed E-state index contributed by atoms with van der Waals surface area (Å²) in [6.07, 6.45) is 1.96. The van der Waals surface area contributed by atoms with Crippen LogP contribution in [0.1, 0.15) is 13.3 Å². The molecule has 0 saturated carbocycles. The molecule has 2 aromatic carbocycles. The molecule has 0 aliphatic rings. The third-order valence-corrected chi connectivity index (χ3v) is 5.27. The first-order valence-electron chi connectivity index (χ1n) is 8.05. The second kappa shape index (κ2) is 9.22. The summed E-state index contributed by atoms with van der Waals surface area (Å²) in [6, 6.07) is 13.9. The highest BCUT2D eigenvalue weighted by Crippen LogP contribution is 2.22. The molecule has 0 bridgehead atoms. The van der Waals surface area contributed by atoms with E-state index in [1.165, 1.54) is 0 Å². The summed E-state index contributed by atoms with van der Waals surface area (Å²) in [7, 11) is -3.61. The van der Waals surface area contributed by atoms with Crippen molar-refractivity contribution in [2.45, 2.75) is 13.3 Å². The molecular formula is C18H21IN2O4S. The maximum absolute atomic E-state index is 12.3. The third-order valence-electron chi connectivity index (χ3n) is 3.41. The molecule has 0 heterocycles. The molecule has 6 nitrogen and oxygen atoms in total. The van der Waals surface area contributed by atoms with Gasteiger partial charge in [0.15, 0.2) is 0 Å². The number of amides is 1. The summed E-state index contributed by atoms with van der Waals surface area (Å²) >= 11 is 2.17. The maximum atomic E-state index is 12.3. The molecule has 0 saturated heterocycles. The summed E-state index contributed by atoms with van der Waals surface area (Å²) in [6.45, 7) is 2.29. The molecule has 0 atom stereocenters. The standard InChI is InChI=1S/C18H21IN2O4S/c1-3-12-25-17-10-8-16(9-11-17)21(26(2,23)24)13-18(22)20-15-6-4-14(19)5-7-15/h4-11H,3,12-13H2,1-2H3,(H,20,22). The van der Waals surface area contributed by atoms with E-state index in [2.05, 4.69) is 27.9 Å². The highest BCUT2D eigenvalue weighted by molar-refractivity contribution is 14.1. The molecule has 1 N–H and O–H groups in total. The van der Waals surface area contributed by atoms with Gasteiger partial charge in [-0.2, -0.15) is 0 Å². The Labute approximate surface area is 167 Å². The predicted molar refractivity (Wildman–Crippen MR) is 112 cm³/mol. The number of carbonyl (C=O) groups excluding carboxylic acids is 1. The van der Waals surface area contributed by atoms with Gasteiger partial charge in [0, 0.05) is 9.26 Å². The van der Waals surface area contributed by atoms with Crippen molar-refractivity contribution in [2.24, 2.45) is 0 Å². The number of anilines is 2. The van der Waals surface area contributed by atoms with Crippen LogP contribution in [0, 0.1) is 3.57 Å². The zero-order valence-corrected chi connectivity index (χ0v) is 17.6. The van der Waals surface area contributed by atoms with Gasteiger partial charge in [-0.15, -0.1) is 0 Å². The van der Waals surface area contributed by atoms with Gasteiger partial charge in [0.2, 0.25) is 15.9 Å². The number of nitrogens with one attached hydrogen (secondary N) is 1. The van der Waals surface area contributed by atoms with Crippen LogP contribution in [0.2, 0.25) is 0 Å². The van der Waals surface area contributed by atoms with Gasteiger partial charge < -0.3 is 10.1 Å². The summed E-state index contributed by atoms with van der Waals surface area (Å²) < 4.78 is 31.9. The number of nitrogens with zero attached hydrogens (tertiary/aromatic N) is 1. The van der Waals surface area contributed by atoms with E-state index in [1.807, 2.05) is 19.1 Å². The lowest BCUT2D eigenvalue weighted by atomic mass is 10.3. The van der Waals surface area contributed by atoms with Crippen LogP contribution in [-0.4, -0.2) is 33.7 Å². The van der Waals surface area contributed by atoms with Crippen LogP contribution in [0.25, 0.3) is 0 Å². The number of halogens is 1. The number of carbonyl (C=O) groups is 1. The van der Waals surface area contributed by atoms with E-state index < -0.39 is 15.9 Å². The van der Waals surface area contributed by atoms with Crippen LogP contribution in [0.3, 0.4) is 0 Å². The lowest BCUT2D eigenvalue weighted by molar-refractivity contribution is -0.114. The number of rotatable bonds is 8. The fourth-order valence-corrected chi connectivity index (χ4v) is 3.41. The molecule has 0 radical (unpaired) electrons. The molecule has 2 aromatic rings. The fraction of sp³-hybridized carbons (Fsp3) is 0.278. The van der Waals surface area contributed by atoms with Gasteiger partial charge in [-0.05, 0) is 77.5 Å². The molecule has 0 fully saturated rings. The summed E-state index contributed by atoms with van der Waals surface area (Å²) in [5.74, 6) is 0.246. The van der Waals surface area contributed by atoms with Crippen LogP contribution in [0.4, 0.5) is 11.4 Å². The average molecular weight is 488 g/mol. The van der Waals surface area contributed by atoms with Crippen LogP contribution >= 0.6 is 22.6 Å². The Morgan fingerprint density at radius 1 is 1.12 bits per heavy atom. The molecule has 1 amide bonds. The Hall–Kier alpha value is -1.81. The van der Waals surface area contributed by atoms with Gasteiger partial charge in [-0.1, -0.05) is 6.92 Å². The Morgan fingerprint density at radius 2 is 1.73 bits per heavy atom. The van der Waals surface area contributed by atoms with Crippen molar-refractivity contribution in [3.8, 4) is 5.75 Å². The largest absolute Gasteiger partial charge is 0.494 e. The zero-order chi connectivity index (χ0) is 19.2. The molecular weight excluding hydrogens is 467 g/mol. The van der Waals surface area contributed by atoms with Gasteiger partial charge >= 0.3 is 0 Å². The summed E-state index contributed by atoms with van der Waals surface area (Å²) in [5.41, 5.74) is 1.03. The third kappa shape index (κ3) is 6.17. The van der Waals surface area contributed by atoms with Gasteiger partial charge in [-0.25, -0.2) is 8.42 Å². The predicted octanol–water partition coefficient (Wildman–Crippen LogP) is 3.48. The monoisotopic (exact) mass is 488 g/mol. The molecule has 8 heteroatoms. The highest BCUT2D eigenvalue weighted by atomic mass is 127. The quantitative estimate of drug-likeness (QED) is 0.578. The van der Waals surface area contributed by atoms with Crippen molar-refractivity contribution in [3.63, 3.8) is 0 Å². The molecule has 0 unspecified atom stereocenters. The summed E-state index contributed by atoms with van der Waals surface area (Å²) in [4.78, 5) is 12.3. The molecule has 0 aromatic heterocycles. The Morgan fingerprint density at radius 3 is 2.27 bits per heavy atom. The summed E-state index contributed by atoms with van der Waals surface area (Å²) in [5, 5.41) is 2.71. The normalized spacial score (nSPS) is 11.0. The Bertz CT molecular complexity index is 836. The van der Waals surface area contributed by atoms with E-state index in [0.717, 1.165) is 20.6 Å². The minimum Gasteiger partial charge on any atom is -0.494 e. The minimum absolute atomic E-state index is 0.306. The van der Waals surface area contributed by atoms with E-state index in [1.54, 1.807) is 36.4 Å². The van der Waals surface area contributed by atoms with Crippen LogP contribution in [0.5, 0.6) is 5.75 Å². The van der Waals surface area contributed by atoms with Gasteiger partial charge in [0.1, 0.15) is 12.3 Å². The number of benzene rings is 2. The maximum Gasteiger partial charge on any atom is 0.245 e. The number of sulfonamides is 1. The van der Waals surface area contributed by atoms with Crippen molar-refractivity contribution in [2.75, 3.05) is 29.0 Å². The first-order valence-corrected chi connectivity index (χ1v) is 11.0. The van der Waals surface area contributed by atoms with E-state index in [-0.39, 0.29) is 6.54 Å². The molecule has 2 rings (SSSR count). The molecule has 0 aliphatic heterocycles. The number of hydrogen-bond donors (Lipinski definition) is 1. The fourth-order valence-electron chi connectivity index (χ4n) is 2.19. The van der Waals surface area contributed by atoms with Crippen molar-refractivity contribution < 1.29 is 17.9 Å². The average Bonchev–Trinajstić information content (AvgIpc) is 2.59. The molecule has 140 valence electrons. The van der Waals surface area contributed by atoms with Crippen molar-refractivity contribution in [1.82, 2.24) is 0 Å². The lowest BCUT2D eigenvalue weighted by Crippen LogP contribution is -2.37. The van der Waals surface area contributed by atoms with E-state index in [4.69, 9.17) is 4.74 Å². The van der Waals surface area contributed by atoms with Gasteiger partial charge in [-0.3, -0.25) is 9.10 Å². The highest BCUT2D eigenvalue weighted by Gasteiger charge is 2.21. The minimum atomic E-state index is -3.61. The lowest BCUT2D eigenvalue weighted by Gasteiger charge is -2.22. The zero-order valence-electron chi connectivity index (χ0n) is 14.6. The van der Waals surface area contributed by atoms with E-state index in [9.17, 15) is 13.2 Å². The van der Waals surface area contributed by atoms with E-state index >= 15 is 0 Å². The topological polar surface area (TPSA) is 75.7 Å². The molecule has 0 spiro atoms. The number of ether oxygens (including phenoxy) is 1. The van der Waals surface area contributed by atoms with Crippen LogP contribution in [0.15, 0.2) is 48.5 Å². The van der Waals surface area contributed by atoms with Crippen molar-refractivity contribution >= 4 is 49.9 Å². The SMILES string of the molecule is CCCOc1ccc(N(CC(=O)Nc2ccc(I)cc2)S(C)(=O)=O)cc1. The van der Waals surface area contributed by atoms with Gasteiger partial charge in [0.05, 0.1) is 18.6 Å². The van der Waals surface area contributed by atoms with Crippen molar-refractivity contribution in [3.05, 3.63) is 52.1 Å².